The smallest absolute Gasteiger partial charge is 1.00 e. The molecule has 0 aliphatic heterocycles. The first kappa shape index (κ1) is 18.9. The number of hydrogen-bond donors (Lipinski definition) is 0. The van der Waals surface area contributed by atoms with E-state index >= 15 is 0 Å². The molecule has 0 bridgehead atoms. The number of rotatable bonds is 0. The predicted molar refractivity (Wildman–Crippen MR) is 11.7 cm³/mol. The van der Waals surface area contributed by atoms with E-state index in [1.54, 1.807) is 0 Å². The Morgan fingerprint density at radius 2 is 1.25 bits per heavy atom. The summed E-state index contributed by atoms with van der Waals surface area (Å²) in [5.74, 6) is 0. The minimum absolute atomic E-state index is 0. The van der Waals surface area contributed by atoms with E-state index in [2.05, 4.69) is 0 Å². The van der Waals surface area contributed by atoms with Crippen molar-refractivity contribution in [2.24, 2.45) is 0 Å². The predicted octanol–water partition coefficient (Wildman–Crippen LogP) is -4.40. The molecule has 0 amide bonds. The maximum absolute atomic E-state index is 8.25. The maximum Gasteiger partial charge on any atom is 2.00 e. The second kappa shape index (κ2) is 29.7. The molecule has 0 fully saturated rings. The van der Waals surface area contributed by atoms with Crippen LogP contribution in [0.15, 0.2) is 0 Å². The average molecular weight is 135 g/mol. The van der Waals surface area contributed by atoms with Gasteiger partial charge in [-0.25, -0.2) is 0 Å². The van der Waals surface area contributed by atoms with Crippen molar-refractivity contribution >= 4 is 23.1 Å². The molecule has 0 radical (unpaired) electrons. The van der Waals surface area contributed by atoms with Gasteiger partial charge in [0.1, 0.15) is 0 Å². The zero-order valence-corrected chi connectivity index (χ0v) is 5.49. The fourth-order valence-corrected chi connectivity index (χ4v) is 0. The van der Waals surface area contributed by atoms with Crippen LogP contribution in [0.4, 0.5) is 0 Å². The van der Waals surface area contributed by atoms with Gasteiger partial charge in [-0.1, -0.05) is 0 Å². The number of halogens is 1. The normalized spacial score (nSPS) is 1.50. The van der Waals surface area contributed by atoms with Crippen molar-refractivity contribution in [3.63, 3.8) is 0 Å². The van der Waals surface area contributed by atoms with Gasteiger partial charge in [0, 0.05) is 0 Å². The van der Waals surface area contributed by atoms with Gasteiger partial charge in [-0.2, -0.15) is 7.11 Å². The monoisotopic (exact) mass is 134 g/mol. The molecule has 0 aromatic rings. The van der Waals surface area contributed by atoms with Gasteiger partial charge in [0.05, 0.1) is 0 Å². The molecule has 1 nitrogen and oxygen atoms in total. The summed E-state index contributed by atoms with van der Waals surface area (Å²) in [4.78, 5) is 0. The van der Waals surface area contributed by atoms with Gasteiger partial charge >= 0.3 is 23.1 Å². The van der Waals surface area contributed by atoms with Crippen molar-refractivity contribution in [2.45, 2.75) is 0 Å². The molecule has 0 aromatic carbocycles. The van der Waals surface area contributed by atoms with Crippen molar-refractivity contribution in [3.8, 4) is 0 Å². The van der Waals surface area contributed by atoms with Crippen molar-refractivity contribution in [1.82, 2.24) is 0 Å². The van der Waals surface area contributed by atoms with E-state index in [0.717, 1.165) is 7.11 Å². The Hall–Kier alpha value is 1.21. The van der Waals surface area contributed by atoms with Crippen LogP contribution in [0.2, 0.25) is 0 Å². The summed E-state index contributed by atoms with van der Waals surface area (Å²) in [7, 11) is 0.750. The third-order valence-electron chi connectivity index (χ3n) is 0. The summed E-state index contributed by atoms with van der Waals surface area (Å²) in [6.45, 7) is 0. The minimum Gasteiger partial charge on any atom is -1.00 e. The molecule has 0 saturated carbocycles. The van der Waals surface area contributed by atoms with Crippen LogP contribution in [0.5, 0.6) is 0 Å². The third kappa shape index (κ3) is 10.7. The van der Waals surface area contributed by atoms with E-state index in [4.69, 9.17) is 5.11 Å². The van der Waals surface area contributed by atoms with Gasteiger partial charge < -0.3 is 22.1 Å². The van der Waals surface area contributed by atoms with Crippen LogP contribution in [-0.2, 0) is 0 Å². The van der Waals surface area contributed by atoms with Crippen LogP contribution in [0, 0.1) is 0 Å². The Bertz CT molecular complexity index is 8.00. The first-order valence-electron chi connectivity index (χ1n) is 0.408. The molecule has 0 unspecified atom stereocenters. The molecule has 0 aliphatic carbocycles. The molecule has 22 valence electrons. The minimum atomic E-state index is 0. The Balaban J connectivity index is -0.00000000500. The summed E-state index contributed by atoms with van der Waals surface area (Å²) < 4.78 is 0. The summed E-state index contributed by atoms with van der Waals surface area (Å²) in [5.41, 5.74) is 0. The van der Waals surface area contributed by atoms with E-state index < -0.39 is 0 Å². The van der Waals surface area contributed by atoms with Crippen molar-refractivity contribution < 1.29 is 22.1 Å². The summed E-state index contributed by atoms with van der Waals surface area (Å²) in [6, 6.07) is 0. The molecule has 0 aliphatic rings. The third-order valence-corrected chi connectivity index (χ3v) is 0. The Morgan fingerprint density at radius 3 is 1.25 bits per heavy atom. The molecule has 0 atom stereocenters. The zero-order valence-electron chi connectivity index (χ0n) is 2.49. The van der Waals surface area contributed by atoms with Gasteiger partial charge in [0.2, 0.25) is 0 Å². The average Bonchev–Trinajstić information content (AvgIpc) is 1.00. The second-order valence-electron chi connectivity index (χ2n) is 0. The topological polar surface area (TPSA) is 23.1 Å². The molecular formula is CH3BrMgO. The Labute approximate surface area is 52.3 Å². The van der Waals surface area contributed by atoms with E-state index in [9.17, 15) is 0 Å². The van der Waals surface area contributed by atoms with E-state index in [1.807, 2.05) is 0 Å². The summed E-state index contributed by atoms with van der Waals surface area (Å²) in [5, 5.41) is 8.25. The van der Waals surface area contributed by atoms with Crippen LogP contribution in [0.25, 0.3) is 0 Å². The molecule has 0 saturated heterocycles. The van der Waals surface area contributed by atoms with Gasteiger partial charge in [-0.3, -0.25) is 0 Å². The van der Waals surface area contributed by atoms with E-state index in [1.165, 1.54) is 0 Å². The van der Waals surface area contributed by atoms with Crippen LogP contribution in [-0.4, -0.2) is 30.2 Å². The van der Waals surface area contributed by atoms with Crippen LogP contribution in [0.3, 0.4) is 0 Å². The molecule has 0 N–H and O–H groups in total. The first-order valence-corrected chi connectivity index (χ1v) is 0.408. The number of hydrogen-bond acceptors (Lipinski definition) is 1. The summed E-state index contributed by atoms with van der Waals surface area (Å²) in [6.07, 6.45) is 0. The van der Waals surface area contributed by atoms with Crippen molar-refractivity contribution in [1.29, 1.82) is 0 Å². The molecule has 0 rings (SSSR count). The Morgan fingerprint density at radius 1 is 1.25 bits per heavy atom. The zero-order chi connectivity index (χ0) is 2.00. The van der Waals surface area contributed by atoms with E-state index in [0.29, 0.717) is 0 Å². The molecule has 3 heteroatoms. The Kier molecular flexibility index (Phi) is 141. The maximum atomic E-state index is 8.25. The standard InChI is InChI=1S/CH3O.BrH.Mg/c1-2;;/h1H3;1H;/q-1;;+2/p-1. The van der Waals surface area contributed by atoms with Gasteiger partial charge in [0.15, 0.2) is 0 Å². The van der Waals surface area contributed by atoms with Crippen LogP contribution >= 0.6 is 0 Å². The fourth-order valence-electron chi connectivity index (χ4n) is 0. The molecular weight excluding hydrogens is 132 g/mol. The fraction of sp³-hybridized carbons (Fsp3) is 1.00. The largest absolute Gasteiger partial charge is 2.00 e. The van der Waals surface area contributed by atoms with Gasteiger partial charge in [-0.05, 0) is 0 Å². The van der Waals surface area contributed by atoms with Crippen LogP contribution < -0.4 is 22.1 Å². The quantitative estimate of drug-likeness (QED) is 0.308. The first-order chi connectivity index (χ1) is 1.00. The SMILES string of the molecule is C[O-].[Br-].[Mg+2]. The van der Waals surface area contributed by atoms with Gasteiger partial charge in [-0.15, -0.1) is 0 Å². The van der Waals surface area contributed by atoms with E-state index in [-0.39, 0.29) is 40.0 Å². The molecule has 4 heavy (non-hydrogen) atoms. The molecule has 0 aromatic heterocycles. The summed E-state index contributed by atoms with van der Waals surface area (Å²) >= 11 is 0. The van der Waals surface area contributed by atoms with Gasteiger partial charge in [0.25, 0.3) is 0 Å². The van der Waals surface area contributed by atoms with Crippen molar-refractivity contribution in [2.75, 3.05) is 7.11 Å². The van der Waals surface area contributed by atoms with Crippen LogP contribution in [0.1, 0.15) is 0 Å². The molecule has 0 spiro atoms. The van der Waals surface area contributed by atoms with Crippen molar-refractivity contribution in [3.05, 3.63) is 0 Å². The second-order valence-corrected chi connectivity index (χ2v) is 0. The molecule has 0 heterocycles.